The van der Waals surface area contributed by atoms with Crippen molar-refractivity contribution in [3.63, 3.8) is 0 Å². The quantitative estimate of drug-likeness (QED) is 0.441. The van der Waals surface area contributed by atoms with Crippen LogP contribution in [-0.2, 0) is 13.6 Å². The van der Waals surface area contributed by atoms with Gasteiger partial charge in [-0.25, -0.2) is 4.39 Å². The summed E-state index contributed by atoms with van der Waals surface area (Å²) in [6.07, 6.45) is 3.23. The zero-order valence-electron chi connectivity index (χ0n) is 21.4. The van der Waals surface area contributed by atoms with Crippen LogP contribution in [0, 0.1) is 17.1 Å². The maximum atomic E-state index is 13.8. The highest BCUT2D eigenvalue weighted by Crippen LogP contribution is 2.37. The van der Waals surface area contributed by atoms with E-state index < -0.39 is 12.4 Å². The van der Waals surface area contributed by atoms with Crippen LogP contribution in [-0.4, -0.2) is 51.0 Å². The Morgan fingerprint density at radius 1 is 1.19 bits per heavy atom. The molecule has 3 atom stereocenters. The Labute approximate surface area is 213 Å². The molecule has 11 heteroatoms. The summed E-state index contributed by atoms with van der Waals surface area (Å²) in [5.74, 6) is -0.801. The Morgan fingerprint density at radius 3 is 2.57 bits per heavy atom. The summed E-state index contributed by atoms with van der Waals surface area (Å²) < 4.78 is 47.7. The molecule has 1 fully saturated rings. The van der Waals surface area contributed by atoms with Gasteiger partial charge in [0.2, 0.25) is 0 Å². The highest BCUT2D eigenvalue weighted by atomic mass is 19.3. The largest absolute Gasteiger partial charge is 0.434 e. The lowest BCUT2D eigenvalue weighted by molar-refractivity contribution is -0.0516. The monoisotopic (exact) mass is 516 g/mol. The number of aromatic nitrogens is 3. The Hall–Kier alpha value is -3.52. The zero-order valence-corrected chi connectivity index (χ0v) is 21.4. The molecule has 1 aliphatic heterocycles. The van der Waals surface area contributed by atoms with E-state index in [1.165, 1.54) is 21.4 Å². The van der Waals surface area contributed by atoms with Crippen LogP contribution in [0.25, 0.3) is 11.0 Å². The number of hydrogen-bond donors (Lipinski definition) is 0. The topological polar surface area (TPSA) is 79.3 Å². The van der Waals surface area contributed by atoms with Crippen molar-refractivity contribution in [3.8, 4) is 11.8 Å². The average Bonchev–Trinajstić information content (AvgIpc) is 3.29. The maximum absolute atomic E-state index is 13.8. The highest BCUT2D eigenvalue weighted by Gasteiger charge is 2.37. The Morgan fingerprint density at radius 2 is 1.92 bits per heavy atom. The molecule has 0 bridgehead atoms. The lowest BCUT2D eigenvalue weighted by Crippen LogP contribution is -2.58. The molecular formula is C26H31F3N6O2. The number of aryl methyl sites for hydroxylation is 1. The minimum atomic E-state index is -3.06. The molecular weight excluding hydrogens is 485 g/mol. The van der Waals surface area contributed by atoms with E-state index in [1.54, 1.807) is 19.3 Å². The number of nitrogens with zero attached hydrogens (tertiary/aromatic N) is 6. The van der Waals surface area contributed by atoms with E-state index in [2.05, 4.69) is 39.6 Å². The predicted molar refractivity (Wildman–Crippen MR) is 134 cm³/mol. The van der Waals surface area contributed by atoms with Gasteiger partial charge in [0.05, 0.1) is 23.5 Å². The summed E-state index contributed by atoms with van der Waals surface area (Å²) in [6, 6.07) is 7.14. The first-order valence-electron chi connectivity index (χ1n) is 12.4. The van der Waals surface area contributed by atoms with Crippen molar-refractivity contribution < 1.29 is 17.9 Å². The molecule has 1 saturated heterocycles. The van der Waals surface area contributed by atoms with Crippen molar-refractivity contribution in [1.82, 2.24) is 19.2 Å². The molecule has 0 aliphatic carbocycles. The molecule has 198 valence electrons. The van der Waals surface area contributed by atoms with Crippen molar-refractivity contribution in [2.75, 3.05) is 18.0 Å². The summed E-state index contributed by atoms with van der Waals surface area (Å²) in [7, 11) is 1.68. The normalized spacial score (nSPS) is 19.4. The van der Waals surface area contributed by atoms with E-state index in [9.17, 15) is 18.0 Å². The van der Waals surface area contributed by atoms with E-state index in [0.717, 1.165) is 24.6 Å². The number of alkyl halides is 2. The lowest BCUT2D eigenvalue weighted by Gasteiger charge is -2.49. The minimum absolute atomic E-state index is 0.00147. The molecule has 0 amide bonds. The van der Waals surface area contributed by atoms with Gasteiger partial charge in [0.1, 0.15) is 23.6 Å². The third kappa shape index (κ3) is 5.16. The van der Waals surface area contributed by atoms with Gasteiger partial charge in [-0.15, -0.1) is 0 Å². The van der Waals surface area contributed by atoms with E-state index >= 15 is 0 Å². The number of piperazine rings is 1. The van der Waals surface area contributed by atoms with Gasteiger partial charge >= 0.3 is 6.61 Å². The van der Waals surface area contributed by atoms with Crippen molar-refractivity contribution in [3.05, 3.63) is 52.2 Å². The van der Waals surface area contributed by atoms with Gasteiger partial charge in [0.15, 0.2) is 0 Å². The van der Waals surface area contributed by atoms with Crippen molar-refractivity contribution in [2.24, 2.45) is 7.05 Å². The number of nitriles is 1. The smallest absolute Gasteiger partial charge is 0.387 e. The number of ether oxygens (including phenoxy) is 1. The fraction of sp³-hybridized carbons (Fsp3) is 0.500. The van der Waals surface area contributed by atoms with Crippen LogP contribution >= 0.6 is 0 Å². The fourth-order valence-corrected chi connectivity index (χ4v) is 5.30. The summed E-state index contributed by atoms with van der Waals surface area (Å²) in [6.45, 7) is 4.22. The maximum Gasteiger partial charge on any atom is 0.387 e. The third-order valence-electron chi connectivity index (χ3n) is 7.30. The van der Waals surface area contributed by atoms with Crippen LogP contribution < -0.4 is 15.2 Å². The van der Waals surface area contributed by atoms with E-state index in [1.807, 2.05) is 6.92 Å². The van der Waals surface area contributed by atoms with E-state index in [0.29, 0.717) is 29.7 Å². The minimum Gasteiger partial charge on any atom is -0.434 e. The molecule has 4 rings (SSSR count). The summed E-state index contributed by atoms with van der Waals surface area (Å²) in [5.41, 5.74) is 2.35. The van der Waals surface area contributed by atoms with Crippen LogP contribution in [0.15, 0.2) is 35.3 Å². The summed E-state index contributed by atoms with van der Waals surface area (Å²) in [5, 5.41) is 13.7. The standard InChI is InChI=1S/C26H31F3N6O2/c1-5-18-14-35(21-12-24(36)32(4)22-15-33(10-9-30)31-25(21)22)19(6-2)13-34(18)16(3)20-8-7-17(27)11-23(20)37-26(28)29/h7-8,11-12,15-16,18-19,26H,5-6,10,13-14H2,1-4H3/t16-,18-,19+/m1/s1. The third-order valence-corrected chi connectivity index (χ3v) is 7.30. The number of pyridine rings is 1. The first-order valence-corrected chi connectivity index (χ1v) is 12.4. The number of anilines is 1. The molecule has 0 spiro atoms. The van der Waals surface area contributed by atoms with Gasteiger partial charge in [-0.1, -0.05) is 19.9 Å². The SMILES string of the molecule is CC[C@H]1CN([C@H](C)c2ccc(F)cc2OC(F)F)[C@H](CC)CN1c1cc(=O)n(C)c2cn(CC#N)nc12. The predicted octanol–water partition coefficient (Wildman–Crippen LogP) is 4.44. The number of fused-ring (bicyclic) bond motifs is 1. The Balaban J connectivity index is 1.72. The van der Waals surface area contributed by atoms with Crippen LogP contribution in [0.5, 0.6) is 5.75 Å². The fourth-order valence-electron chi connectivity index (χ4n) is 5.30. The molecule has 1 aromatic carbocycles. The lowest BCUT2D eigenvalue weighted by atomic mass is 9.96. The molecule has 0 unspecified atom stereocenters. The van der Waals surface area contributed by atoms with Gasteiger partial charge in [0, 0.05) is 56.0 Å². The number of rotatable bonds is 8. The highest BCUT2D eigenvalue weighted by molar-refractivity contribution is 5.88. The van der Waals surface area contributed by atoms with Crippen molar-refractivity contribution in [2.45, 2.75) is 64.9 Å². The van der Waals surface area contributed by atoms with Crippen LogP contribution in [0.4, 0.5) is 18.9 Å². The second-order valence-electron chi connectivity index (χ2n) is 9.36. The van der Waals surface area contributed by atoms with Crippen LogP contribution in [0.1, 0.15) is 45.2 Å². The van der Waals surface area contributed by atoms with Crippen molar-refractivity contribution in [1.29, 1.82) is 5.26 Å². The molecule has 3 heterocycles. The van der Waals surface area contributed by atoms with E-state index in [-0.39, 0.29) is 36.0 Å². The molecule has 2 aromatic heterocycles. The summed E-state index contributed by atoms with van der Waals surface area (Å²) >= 11 is 0. The van der Waals surface area contributed by atoms with Gasteiger partial charge in [-0.3, -0.25) is 14.4 Å². The molecule has 0 N–H and O–H groups in total. The van der Waals surface area contributed by atoms with Gasteiger partial charge in [-0.2, -0.15) is 19.1 Å². The molecule has 37 heavy (non-hydrogen) atoms. The van der Waals surface area contributed by atoms with E-state index in [4.69, 9.17) is 5.26 Å². The number of hydrogen-bond acceptors (Lipinski definition) is 6. The van der Waals surface area contributed by atoms with Gasteiger partial charge in [-0.05, 0) is 25.8 Å². The summed E-state index contributed by atoms with van der Waals surface area (Å²) in [4.78, 5) is 17.3. The Bertz CT molecular complexity index is 1360. The zero-order chi connectivity index (χ0) is 26.9. The molecule has 0 radical (unpaired) electrons. The first-order chi connectivity index (χ1) is 17.7. The van der Waals surface area contributed by atoms with Gasteiger partial charge < -0.3 is 14.2 Å². The van der Waals surface area contributed by atoms with Crippen LogP contribution in [0.2, 0.25) is 0 Å². The van der Waals surface area contributed by atoms with Crippen LogP contribution in [0.3, 0.4) is 0 Å². The molecule has 0 saturated carbocycles. The first kappa shape index (κ1) is 26.5. The molecule has 1 aliphatic rings. The molecule has 3 aromatic rings. The Kier molecular flexibility index (Phi) is 7.78. The second-order valence-corrected chi connectivity index (χ2v) is 9.36. The average molecular weight is 517 g/mol. The van der Waals surface area contributed by atoms with Crippen molar-refractivity contribution >= 4 is 16.7 Å². The molecule has 8 nitrogen and oxygen atoms in total. The van der Waals surface area contributed by atoms with Gasteiger partial charge in [0.25, 0.3) is 5.56 Å². The number of halogens is 3. The second kappa shape index (κ2) is 10.8. The number of benzene rings is 1.